The van der Waals surface area contributed by atoms with Crippen LogP contribution >= 0.6 is 23.2 Å². The molecule has 0 fully saturated rings. The van der Waals surface area contributed by atoms with E-state index in [1.165, 1.54) is 0 Å². The average Bonchev–Trinajstić information content (AvgIpc) is 2.84. The molecule has 186 valence electrons. The second-order valence-electron chi connectivity index (χ2n) is 9.27. The van der Waals surface area contributed by atoms with Crippen LogP contribution < -0.4 is 4.74 Å². The predicted molar refractivity (Wildman–Crippen MR) is 136 cm³/mol. The Morgan fingerprint density at radius 3 is 2.14 bits per heavy atom. The van der Waals surface area contributed by atoms with Crippen molar-refractivity contribution < 1.29 is 24.2 Å². The van der Waals surface area contributed by atoms with Crippen molar-refractivity contribution in [3.8, 4) is 5.75 Å². The molecule has 0 amide bonds. The first-order chi connectivity index (χ1) is 17.3. The van der Waals surface area contributed by atoms with Gasteiger partial charge in [0.25, 0.3) is 0 Å². The predicted octanol–water partition coefficient (Wildman–Crippen LogP) is 6.07. The number of carbonyl (C=O) groups is 3. The molecule has 0 aromatic heterocycles. The number of carboxylic acid groups (broad SMARTS) is 1. The average molecular weight is 526 g/mol. The van der Waals surface area contributed by atoms with Gasteiger partial charge in [0.1, 0.15) is 18.9 Å². The minimum absolute atomic E-state index is 0.0910. The molecule has 0 saturated carbocycles. The highest BCUT2D eigenvalue weighted by Gasteiger charge is 2.45. The fraction of sp³-hybridized carbons (Fsp3) is 0.321. The summed E-state index contributed by atoms with van der Waals surface area (Å²) in [5.41, 5.74) is 3.77. The van der Waals surface area contributed by atoms with Gasteiger partial charge in [0.2, 0.25) is 0 Å². The number of ketones is 2. The van der Waals surface area contributed by atoms with Gasteiger partial charge < -0.3 is 14.7 Å². The summed E-state index contributed by atoms with van der Waals surface area (Å²) in [6, 6.07) is 12.9. The van der Waals surface area contributed by atoms with E-state index >= 15 is 0 Å². The Kier molecular flexibility index (Phi) is 6.91. The number of ether oxygens (including phenoxy) is 1. The molecule has 1 N–H and O–H groups in total. The van der Waals surface area contributed by atoms with Crippen LogP contribution in [0.25, 0.3) is 0 Å². The van der Waals surface area contributed by atoms with E-state index in [1.807, 2.05) is 30.3 Å². The lowest BCUT2D eigenvalue weighted by atomic mass is 9.70. The van der Waals surface area contributed by atoms with Crippen molar-refractivity contribution in [2.24, 2.45) is 0 Å². The van der Waals surface area contributed by atoms with Crippen LogP contribution in [0.4, 0.5) is 0 Å². The van der Waals surface area contributed by atoms with Crippen molar-refractivity contribution in [2.45, 2.75) is 51.0 Å². The van der Waals surface area contributed by atoms with E-state index in [1.54, 1.807) is 17.0 Å². The SMILES string of the molecule is O=C(O)CN1C2=C(C(=O)CCC2)C(c2cc(Cl)cc(Cl)c2OCc2ccccc2)C2=C1CCCC2=O. The van der Waals surface area contributed by atoms with Crippen LogP contribution in [0.5, 0.6) is 5.75 Å². The van der Waals surface area contributed by atoms with Crippen LogP contribution in [0.1, 0.15) is 55.6 Å². The van der Waals surface area contributed by atoms with E-state index < -0.39 is 11.9 Å². The van der Waals surface area contributed by atoms with Crippen LogP contribution in [0.2, 0.25) is 10.0 Å². The summed E-state index contributed by atoms with van der Waals surface area (Å²) < 4.78 is 6.22. The molecule has 1 aliphatic heterocycles. The van der Waals surface area contributed by atoms with Crippen molar-refractivity contribution in [3.63, 3.8) is 0 Å². The van der Waals surface area contributed by atoms with Gasteiger partial charge in [-0.05, 0) is 43.4 Å². The normalized spacial score (nSPS) is 18.3. The van der Waals surface area contributed by atoms with Gasteiger partial charge in [0.15, 0.2) is 11.6 Å². The molecule has 3 aliphatic rings. The van der Waals surface area contributed by atoms with E-state index in [0.29, 0.717) is 77.4 Å². The highest BCUT2D eigenvalue weighted by molar-refractivity contribution is 6.35. The van der Waals surface area contributed by atoms with Gasteiger partial charge in [-0.1, -0.05) is 53.5 Å². The summed E-state index contributed by atoms with van der Waals surface area (Å²) in [5.74, 6) is -1.53. The number of rotatable bonds is 6. The van der Waals surface area contributed by atoms with Gasteiger partial charge in [-0.2, -0.15) is 0 Å². The third-order valence-corrected chi connectivity index (χ3v) is 7.45. The third-order valence-electron chi connectivity index (χ3n) is 6.95. The molecule has 0 unspecified atom stereocenters. The Labute approximate surface area is 219 Å². The minimum Gasteiger partial charge on any atom is -0.487 e. The highest BCUT2D eigenvalue weighted by Crippen LogP contribution is 2.52. The summed E-state index contributed by atoms with van der Waals surface area (Å²) in [7, 11) is 0. The maximum Gasteiger partial charge on any atom is 0.323 e. The molecule has 0 spiro atoms. The van der Waals surface area contributed by atoms with E-state index in [-0.39, 0.29) is 29.7 Å². The van der Waals surface area contributed by atoms with Crippen LogP contribution in [-0.2, 0) is 21.0 Å². The Morgan fingerprint density at radius 1 is 0.944 bits per heavy atom. The molecule has 0 saturated heterocycles. The Bertz CT molecular complexity index is 1270. The molecule has 36 heavy (non-hydrogen) atoms. The third kappa shape index (κ3) is 4.56. The van der Waals surface area contributed by atoms with Gasteiger partial charge in [0.05, 0.1) is 5.02 Å². The van der Waals surface area contributed by atoms with Crippen molar-refractivity contribution in [3.05, 3.63) is 86.2 Å². The van der Waals surface area contributed by atoms with Gasteiger partial charge in [-0.15, -0.1) is 0 Å². The monoisotopic (exact) mass is 525 g/mol. The molecular formula is C28H25Cl2NO5. The lowest BCUT2D eigenvalue weighted by Crippen LogP contribution is -2.41. The fourth-order valence-corrected chi connectivity index (χ4v) is 6.09. The second kappa shape index (κ2) is 10.1. The molecule has 0 bridgehead atoms. The molecule has 5 rings (SSSR count). The van der Waals surface area contributed by atoms with Crippen molar-refractivity contribution in [1.29, 1.82) is 0 Å². The zero-order chi connectivity index (χ0) is 25.4. The first-order valence-electron chi connectivity index (χ1n) is 12.0. The quantitative estimate of drug-likeness (QED) is 0.492. The van der Waals surface area contributed by atoms with E-state index in [0.717, 1.165) is 5.56 Å². The van der Waals surface area contributed by atoms with E-state index in [4.69, 9.17) is 27.9 Å². The zero-order valence-electron chi connectivity index (χ0n) is 19.6. The van der Waals surface area contributed by atoms with Crippen LogP contribution in [-0.4, -0.2) is 34.1 Å². The molecule has 8 heteroatoms. The first kappa shape index (κ1) is 24.6. The standard InChI is InChI=1S/C28H25Cl2NO5/c29-17-12-18(28(19(30)13-17)36-15-16-6-2-1-3-7-16)25-26-20(8-4-10-22(26)32)31(14-24(34)35)21-9-5-11-23(33)27(21)25/h1-3,6-7,12-13,25H,4-5,8-11,14-15H2,(H,34,35). The number of benzene rings is 2. The second-order valence-corrected chi connectivity index (χ2v) is 10.1. The number of hydrogen-bond donors (Lipinski definition) is 1. The number of nitrogens with zero attached hydrogens (tertiary/aromatic N) is 1. The number of hydrogen-bond acceptors (Lipinski definition) is 5. The lowest BCUT2D eigenvalue weighted by Gasteiger charge is -2.43. The summed E-state index contributed by atoms with van der Waals surface area (Å²) in [5, 5.41) is 10.3. The van der Waals surface area contributed by atoms with E-state index in [2.05, 4.69) is 0 Å². The molecule has 1 heterocycles. The molecule has 2 aliphatic carbocycles. The Balaban J connectivity index is 1.70. The summed E-state index contributed by atoms with van der Waals surface area (Å²) in [4.78, 5) is 40.3. The number of carboxylic acids is 1. The van der Waals surface area contributed by atoms with Crippen molar-refractivity contribution in [1.82, 2.24) is 4.90 Å². The lowest BCUT2D eigenvalue weighted by molar-refractivity contribution is -0.138. The zero-order valence-corrected chi connectivity index (χ0v) is 21.1. The highest BCUT2D eigenvalue weighted by atomic mass is 35.5. The largest absolute Gasteiger partial charge is 0.487 e. The number of allylic oxidation sites excluding steroid dienone is 4. The van der Waals surface area contributed by atoms with Gasteiger partial charge in [0, 0.05) is 51.9 Å². The number of Topliss-reactive ketones (excluding diaryl/α,β-unsaturated/α-hetero) is 2. The van der Waals surface area contributed by atoms with Crippen molar-refractivity contribution in [2.75, 3.05) is 6.54 Å². The van der Waals surface area contributed by atoms with E-state index in [9.17, 15) is 19.5 Å². The summed E-state index contributed by atoms with van der Waals surface area (Å²) >= 11 is 13.1. The molecule has 0 atom stereocenters. The van der Waals surface area contributed by atoms with Crippen LogP contribution in [0.3, 0.4) is 0 Å². The maximum atomic E-state index is 13.4. The van der Waals surface area contributed by atoms with Crippen molar-refractivity contribution >= 4 is 40.7 Å². The summed E-state index contributed by atoms with van der Waals surface area (Å²) in [6.07, 6.45) is 3.05. The minimum atomic E-state index is -1.01. The number of aliphatic carboxylic acids is 1. The van der Waals surface area contributed by atoms with Crippen LogP contribution in [0.15, 0.2) is 65.0 Å². The first-order valence-corrected chi connectivity index (χ1v) is 12.8. The Hall–Kier alpha value is -3.09. The molecular weight excluding hydrogens is 501 g/mol. The summed E-state index contributed by atoms with van der Waals surface area (Å²) in [6.45, 7) is -0.0502. The van der Waals surface area contributed by atoms with Gasteiger partial charge in [-0.25, -0.2) is 0 Å². The van der Waals surface area contributed by atoms with Crippen LogP contribution in [0, 0.1) is 0 Å². The Morgan fingerprint density at radius 2 is 1.56 bits per heavy atom. The topological polar surface area (TPSA) is 83.9 Å². The number of carbonyl (C=O) groups excluding carboxylic acids is 2. The van der Waals surface area contributed by atoms with Gasteiger partial charge >= 0.3 is 5.97 Å². The molecule has 0 radical (unpaired) electrons. The molecule has 2 aromatic carbocycles. The fourth-order valence-electron chi connectivity index (χ4n) is 5.53. The molecule has 6 nitrogen and oxygen atoms in total. The maximum absolute atomic E-state index is 13.4. The molecule has 2 aromatic rings. The van der Waals surface area contributed by atoms with Gasteiger partial charge in [-0.3, -0.25) is 14.4 Å². The smallest absolute Gasteiger partial charge is 0.323 e. The number of halogens is 2.